The summed E-state index contributed by atoms with van der Waals surface area (Å²) in [6.07, 6.45) is 0. The lowest BCUT2D eigenvalue weighted by molar-refractivity contribution is -0.144. The van der Waals surface area contributed by atoms with E-state index in [9.17, 15) is 18.0 Å². The number of anilines is 1. The van der Waals surface area contributed by atoms with Gasteiger partial charge >= 0.3 is 5.97 Å². The highest BCUT2D eigenvalue weighted by molar-refractivity contribution is 7.85. The minimum atomic E-state index is -4.45. The molecule has 22 heavy (non-hydrogen) atoms. The first-order chi connectivity index (χ1) is 10.3. The van der Waals surface area contributed by atoms with E-state index < -0.39 is 33.8 Å². The predicted molar refractivity (Wildman–Crippen MR) is 80.3 cm³/mol. The molecule has 0 spiro atoms. The minimum absolute atomic E-state index is 0.0214. The third-order valence-corrected chi connectivity index (χ3v) is 3.44. The van der Waals surface area contributed by atoms with Gasteiger partial charge in [-0.1, -0.05) is 0 Å². The van der Waals surface area contributed by atoms with Crippen molar-refractivity contribution in [3.05, 3.63) is 29.8 Å². The lowest BCUT2D eigenvalue weighted by Crippen LogP contribution is -2.46. The van der Waals surface area contributed by atoms with Crippen LogP contribution >= 0.6 is 0 Å². The molecule has 122 valence electrons. The fourth-order valence-corrected chi connectivity index (χ4v) is 2.29. The zero-order valence-electron chi connectivity index (χ0n) is 12.2. The fourth-order valence-electron chi connectivity index (χ4n) is 1.65. The van der Waals surface area contributed by atoms with Gasteiger partial charge in [0.25, 0.3) is 16.0 Å². The Bertz CT molecular complexity index is 626. The Kier molecular flexibility index (Phi) is 6.32. The smallest absolute Gasteiger partial charge is 0.329 e. The average Bonchev–Trinajstić information content (AvgIpc) is 2.45. The van der Waals surface area contributed by atoms with Gasteiger partial charge in [-0.15, -0.1) is 0 Å². The van der Waals surface area contributed by atoms with Crippen molar-refractivity contribution in [3.8, 4) is 0 Å². The van der Waals surface area contributed by atoms with E-state index in [1.807, 2.05) is 0 Å². The Hall–Kier alpha value is -2.13. The van der Waals surface area contributed by atoms with Crippen molar-refractivity contribution in [2.45, 2.75) is 13.0 Å². The van der Waals surface area contributed by atoms with Gasteiger partial charge in [0, 0.05) is 18.3 Å². The first-order valence-electron chi connectivity index (χ1n) is 6.47. The molecule has 0 aliphatic heterocycles. The molecule has 1 amide bonds. The van der Waals surface area contributed by atoms with E-state index in [1.165, 1.54) is 12.1 Å². The number of carbonyl (C=O) groups excluding carboxylic acids is 2. The number of hydrogen-bond donors (Lipinski definition) is 3. The van der Waals surface area contributed by atoms with Gasteiger partial charge < -0.3 is 15.4 Å². The third-order valence-electron chi connectivity index (χ3n) is 2.69. The fraction of sp³-hybridized carbons (Fsp3) is 0.385. The van der Waals surface area contributed by atoms with Crippen molar-refractivity contribution >= 4 is 27.7 Å². The molecule has 1 atom stereocenters. The van der Waals surface area contributed by atoms with E-state index in [0.29, 0.717) is 0 Å². The highest BCUT2D eigenvalue weighted by Crippen LogP contribution is 2.09. The maximum absolute atomic E-state index is 12.0. The molecule has 1 rings (SSSR count). The zero-order valence-corrected chi connectivity index (χ0v) is 13.0. The Morgan fingerprint density at radius 2 is 1.86 bits per heavy atom. The van der Waals surface area contributed by atoms with Gasteiger partial charge in [-0.2, -0.15) is 8.42 Å². The molecule has 1 aromatic rings. The van der Waals surface area contributed by atoms with Crippen LogP contribution in [0.25, 0.3) is 0 Å². The summed E-state index contributed by atoms with van der Waals surface area (Å²) in [7, 11) is -2.73. The second kappa shape index (κ2) is 7.76. The van der Waals surface area contributed by atoms with Crippen molar-refractivity contribution in [3.63, 3.8) is 0 Å². The van der Waals surface area contributed by atoms with Gasteiger partial charge in [-0.05, 0) is 31.2 Å². The highest BCUT2D eigenvalue weighted by atomic mass is 32.2. The average molecular weight is 330 g/mol. The van der Waals surface area contributed by atoms with Crippen LogP contribution < -0.4 is 10.6 Å². The molecule has 0 fully saturated rings. The Labute approximate surface area is 128 Å². The van der Waals surface area contributed by atoms with Gasteiger partial charge in [0.15, 0.2) is 0 Å². The maximum atomic E-state index is 12.0. The molecule has 0 aliphatic carbocycles. The first kappa shape index (κ1) is 17.9. The number of esters is 1. The number of carbonyl (C=O) groups is 2. The third kappa shape index (κ3) is 5.70. The van der Waals surface area contributed by atoms with Crippen LogP contribution in [0.5, 0.6) is 0 Å². The second-order valence-corrected chi connectivity index (χ2v) is 5.85. The van der Waals surface area contributed by atoms with Crippen molar-refractivity contribution in [1.82, 2.24) is 5.32 Å². The number of hydrogen-bond acceptors (Lipinski definition) is 6. The summed E-state index contributed by atoms with van der Waals surface area (Å²) >= 11 is 0. The molecule has 8 nitrogen and oxygen atoms in total. The molecule has 0 heterocycles. The SMILES string of the molecule is CCOC(=O)C(CS(=O)(=O)O)NC(=O)c1ccc(NC)cc1. The number of nitrogens with one attached hydrogen (secondary N) is 2. The molecule has 0 radical (unpaired) electrons. The number of rotatable bonds is 7. The molecule has 3 N–H and O–H groups in total. The molecule has 0 saturated heterocycles. The topological polar surface area (TPSA) is 122 Å². The van der Waals surface area contributed by atoms with Gasteiger partial charge in [-0.25, -0.2) is 4.79 Å². The highest BCUT2D eigenvalue weighted by Gasteiger charge is 2.27. The van der Waals surface area contributed by atoms with Gasteiger partial charge in [-0.3, -0.25) is 9.35 Å². The van der Waals surface area contributed by atoms with Gasteiger partial charge in [0.2, 0.25) is 0 Å². The molecule has 0 aromatic heterocycles. The van der Waals surface area contributed by atoms with Crippen LogP contribution in [0.15, 0.2) is 24.3 Å². The first-order valence-corrected chi connectivity index (χ1v) is 8.08. The van der Waals surface area contributed by atoms with Crippen LogP contribution in [0.3, 0.4) is 0 Å². The van der Waals surface area contributed by atoms with Crippen LogP contribution in [-0.2, 0) is 19.6 Å². The molecule has 9 heteroatoms. The lowest BCUT2D eigenvalue weighted by atomic mass is 10.2. The molecule has 0 bridgehead atoms. The minimum Gasteiger partial charge on any atom is -0.464 e. The van der Waals surface area contributed by atoms with Crippen LogP contribution in [0.4, 0.5) is 5.69 Å². The van der Waals surface area contributed by atoms with Gasteiger partial charge in [0.05, 0.1) is 6.61 Å². The monoisotopic (exact) mass is 330 g/mol. The van der Waals surface area contributed by atoms with E-state index in [2.05, 4.69) is 15.4 Å². The molecule has 1 unspecified atom stereocenters. The van der Waals surface area contributed by atoms with Crippen molar-refractivity contribution in [2.75, 3.05) is 24.7 Å². The van der Waals surface area contributed by atoms with Crippen LogP contribution in [0.2, 0.25) is 0 Å². The Morgan fingerprint density at radius 1 is 1.27 bits per heavy atom. The van der Waals surface area contributed by atoms with E-state index in [1.54, 1.807) is 26.1 Å². The zero-order chi connectivity index (χ0) is 16.8. The number of benzene rings is 1. The van der Waals surface area contributed by atoms with Crippen molar-refractivity contribution in [1.29, 1.82) is 0 Å². The lowest BCUT2D eigenvalue weighted by Gasteiger charge is -2.16. The van der Waals surface area contributed by atoms with Crippen LogP contribution in [0.1, 0.15) is 17.3 Å². The van der Waals surface area contributed by atoms with E-state index in [4.69, 9.17) is 4.55 Å². The largest absolute Gasteiger partial charge is 0.464 e. The molecule has 0 aliphatic rings. The second-order valence-electron chi connectivity index (χ2n) is 4.35. The van der Waals surface area contributed by atoms with Crippen molar-refractivity contribution < 1.29 is 27.3 Å². The quantitative estimate of drug-likeness (QED) is 0.485. The molecule has 1 aromatic carbocycles. The Balaban J connectivity index is 2.87. The van der Waals surface area contributed by atoms with E-state index >= 15 is 0 Å². The summed E-state index contributed by atoms with van der Waals surface area (Å²) in [4.78, 5) is 23.7. The Morgan fingerprint density at radius 3 is 2.32 bits per heavy atom. The van der Waals surface area contributed by atoms with E-state index in [0.717, 1.165) is 5.69 Å². The van der Waals surface area contributed by atoms with Crippen LogP contribution in [0, 0.1) is 0 Å². The molecule has 0 saturated carbocycles. The maximum Gasteiger partial charge on any atom is 0.329 e. The van der Waals surface area contributed by atoms with Crippen LogP contribution in [-0.4, -0.2) is 50.3 Å². The molecular formula is C13H18N2O6S. The predicted octanol–water partition coefficient (Wildman–Crippen LogP) is 0.278. The summed E-state index contributed by atoms with van der Waals surface area (Å²) in [5.41, 5.74) is 1.03. The summed E-state index contributed by atoms with van der Waals surface area (Å²) in [6, 6.07) is 4.84. The number of ether oxygens (including phenoxy) is 1. The summed E-state index contributed by atoms with van der Waals surface area (Å²) in [6.45, 7) is 1.56. The normalized spacial score (nSPS) is 12.3. The van der Waals surface area contributed by atoms with Crippen molar-refractivity contribution in [2.24, 2.45) is 0 Å². The summed E-state index contributed by atoms with van der Waals surface area (Å²) in [5, 5.41) is 5.12. The molecular weight excluding hydrogens is 312 g/mol. The number of amides is 1. The standard InChI is InChI=1S/C13H18N2O6S/c1-3-21-13(17)11(8-22(18,19)20)15-12(16)9-4-6-10(14-2)7-5-9/h4-7,11,14H,3,8H2,1-2H3,(H,15,16)(H,18,19,20). The van der Waals surface area contributed by atoms with E-state index in [-0.39, 0.29) is 12.2 Å². The van der Waals surface area contributed by atoms with Gasteiger partial charge in [0.1, 0.15) is 11.8 Å². The summed E-state index contributed by atoms with van der Waals surface area (Å²) in [5.74, 6) is -2.53. The summed E-state index contributed by atoms with van der Waals surface area (Å²) < 4.78 is 35.4.